The molecule has 0 saturated heterocycles. The summed E-state index contributed by atoms with van der Waals surface area (Å²) in [5, 5.41) is 15.1. The van der Waals surface area contributed by atoms with E-state index in [0.717, 1.165) is 0 Å². The van der Waals surface area contributed by atoms with Crippen molar-refractivity contribution in [1.82, 2.24) is 4.98 Å². The quantitative estimate of drug-likeness (QED) is 0.668. The number of anilines is 1. The van der Waals surface area contributed by atoms with Gasteiger partial charge in [0.15, 0.2) is 16.7 Å². The molecule has 0 bridgehead atoms. The Morgan fingerprint density at radius 1 is 1.57 bits per heavy atom. The molecule has 1 heterocycles. The van der Waals surface area contributed by atoms with Crippen molar-refractivity contribution in [2.75, 3.05) is 12.4 Å². The Kier molecular flexibility index (Phi) is 3.95. The number of hydrogen-bond acceptors (Lipinski definition) is 6. The summed E-state index contributed by atoms with van der Waals surface area (Å²) in [5.74, 6) is -1.38. The molecule has 1 fully saturated rings. The van der Waals surface area contributed by atoms with Crippen LogP contribution in [0, 0.1) is 21.8 Å². The maximum absolute atomic E-state index is 13.7. The normalized spacial score (nSPS) is 19.2. The van der Waals surface area contributed by atoms with Crippen LogP contribution in [0.4, 0.5) is 9.52 Å². The summed E-state index contributed by atoms with van der Waals surface area (Å²) in [7, 11) is 1.38. The highest BCUT2D eigenvalue weighted by Crippen LogP contribution is 2.35. The second-order valence-corrected chi connectivity index (χ2v) is 5.93. The van der Waals surface area contributed by atoms with E-state index in [0.29, 0.717) is 16.4 Å². The van der Waals surface area contributed by atoms with E-state index >= 15 is 0 Å². The van der Waals surface area contributed by atoms with Crippen molar-refractivity contribution in [1.29, 1.82) is 0 Å². The Morgan fingerprint density at radius 3 is 2.96 bits per heavy atom. The summed E-state index contributed by atoms with van der Waals surface area (Å²) in [6.07, 6.45) is 0.251. The van der Waals surface area contributed by atoms with Gasteiger partial charge in [0.2, 0.25) is 11.9 Å². The van der Waals surface area contributed by atoms with Gasteiger partial charge in [0, 0.05) is 22.3 Å². The molecule has 1 amide bonds. The lowest BCUT2D eigenvalue weighted by atomic mass is 10.1. The highest BCUT2D eigenvalue weighted by molar-refractivity contribution is 7.14. The second-order valence-electron chi connectivity index (χ2n) is 5.07. The number of ether oxygens (including phenoxy) is 1. The van der Waals surface area contributed by atoms with Gasteiger partial charge < -0.3 is 10.1 Å². The molecule has 0 aliphatic heterocycles. The third kappa shape index (κ3) is 3.14. The van der Waals surface area contributed by atoms with E-state index in [1.165, 1.54) is 30.6 Å². The molecule has 9 heteroatoms. The van der Waals surface area contributed by atoms with Crippen LogP contribution in [0.1, 0.15) is 6.42 Å². The molecular weight excluding hydrogens is 325 g/mol. The average Bonchev–Trinajstić information content (AvgIpc) is 3.21. The minimum Gasteiger partial charge on any atom is -0.494 e. The van der Waals surface area contributed by atoms with Crippen LogP contribution in [0.3, 0.4) is 0 Å². The van der Waals surface area contributed by atoms with Crippen molar-refractivity contribution >= 4 is 22.4 Å². The predicted octanol–water partition coefficient (Wildman–Crippen LogP) is 2.56. The third-order valence-electron chi connectivity index (χ3n) is 3.55. The molecular formula is C14H12FN3O4S. The highest BCUT2D eigenvalue weighted by atomic mass is 32.1. The van der Waals surface area contributed by atoms with E-state index in [9.17, 15) is 19.3 Å². The molecule has 1 aliphatic rings. The van der Waals surface area contributed by atoms with Gasteiger partial charge in [0.05, 0.1) is 12.8 Å². The van der Waals surface area contributed by atoms with Crippen molar-refractivity contribution < 1.29 is 18.8 Å². The number of nitrogens with one attached hydrogen (secondary N) is 1. The Labute approximate surface area is 134 Å². The summed E-state index contributed by atoms with van der Waals surface area (Å²) in [5.41, 5.74) is 1.06. The number of nitrogens with zero attached hydrogens (tertiary/aromatic N) is 2. The number of thiazole rings is 1. The van der Waals surface area contributed by atoms with Crippen molar-refractivity contribution in [3.05, 3.63) is 39.5 Å². The molecule has 1 aromatic carbocycles. The first-order valence-electron chi connectivity index (χ1n) is 6.73. The lowest BCUT2D eigenvalue weighted by Crippen LogP contribution is -2.18. The highest BCUT2D eigenvalue weighted by Gasteiger charge is 2.53. The van der Waals surface area contributed by atoms with E-state index < -0.39 is 28.6 Å². The van der Waals surface area contributed by atoms with Gasteiger partial charge in [-0.1, -0.05) is 0 Å². The molecule has 3 rings (SSSR count). The first-order valence-corrected chi connectivity index (χ1v) is 7.61. The first-order chi connectivity index (χ1) is 11.0. The van der Waals surface area contributed by atoms with Gasteiger partial charge in [-0.15, -0.1) is 11.3 Å². The fourth-order valence-corrected chi connectivity index (χ4v) is 2.91. The van der Waals surface area contributed by atoms with Crippen LogP contribution < -0.4 is 10.1 Å². The van der Waals surface area contributed by atoms with E-state index in [-0.39, 0.29) is 12.2 Å². The summed E-state index contributed by atoms with van der Waals surface area (Å²) in [4.78, 5) is 26.2. The summed E-state index contributed by atoms with van der Waals surface area (Å²) < 4.78 is 18.6. The Hall–Kier alpha value is -2.55. The summed E-state index contributed by atoms with van der Waals surface area (Å²) >= 11 is 1.18. The number of carbonyl (C=O) groups is 1. The van der Waals surface area contributed by atoms with E-state index in [4.69, 9.17) is 4.74 Å². The molecule has 7 nitrogen and oxygen atoms in total. The van der Waals surface area contributed by atoms with Crippen LogP contribution in [0.5, 0.6) is 5.75 Å². The van der Waals surface area contributed by atoms with Crippen molar-refractivity contribution in [2.45, 2.75) is 12.5 Å². The SMILES string of the molecule is COc1ccc(-c2csc(NC(=O)[C@H]3C[C@H]3[N+](=O)[O-])n2)cc1F. The topological polar surface area (TPSA) is 94.4 Å². The minimum atomic E-state index is -0.801. The van der Waals surface area contributed by atoms with E-state index in [1.807, 2.05) is 0 Å². The number of aromatic nitrogens is 1. The number of halogens is 1. The number of hydrogen-bond donors (Lipinski definition) is 1. The van der Waals surface area contributed by atoms with Gasteiger partial charge >= 0.3 is 0 Å². The molecule has 1 N–H and O–H groups in total. The number of methoxy groups -OCH3 is 1. The van der Waals surface area contributed by atoms with Gasteiger partial charge in [-0.25, -0.2) is 9.37 Å². The van der Waals surface area contributed by atoms with E-state index in [1.54, 1.807) is 11.4 Å². The standard InChI is InChI=1S/C14H12FN3O4S/c1-22-12-3-2-7(4-9(12)15)10-6-23-14(16-10)17-13(19)8-5-11(8)18(20)21/h2-4,6,8,11H,5H2,1H3,(H,16,17,19)/t8-,11+/m0/s1. The van der Waals surface area contributed by atoms with Crippen LogP contribution in [-0.2, 0) is 4.79 Å². The lowest BCUT2D eigenvalue weighted by molar-refractivity contribution is -0.497. The number of carbonyl (C=O) groups excluding carboxylic acids is 1. The third-order valence-corrected chi connectivity index (χ3v) is 4.30. The Morgan fingerprint density at radius 2 is 2.35 bits per heavy atom. The molecule has 2 atom stereocenters. The molecule has 0 spiro atoms. The molecule has 2 aromatic rings. The van der Waals surface area contributed by atoms with Crippen molar-refractivity contribution in [3.8, 4) is 17.0 Å². The van der Waals surface area contributed by atoms with Crippen LogP contribution in [0.15, 0.2) is 23.6 Å². The molecule has 0 unspecified atom stereocenters. The van der Waals surface area contributed by atoms with E-state index in [2.05, 4.69) is 10.3 Å². The zero-order valence-electron chi connectivity index (χ0n) is 12.0. The Bertz CT molecular complexity index is 779. The van der Waals surface area contributed by atoms with Crippen LogP contribution in [0.25, 0.3) is 11.3 Å². The van der Waals surface area contributed by atoms with Crippen molar-refractivity contribution in [2.24, 2.45) is 5.92 Å². The molecule has 1 saturated carbocycles. The number of nitro groups is 1. The largest absolute Gasteiger partial charge is 0.494 e. The maximum Gasteiger partial charge on any atom is 0.236 e. The lowest BCUT2D eigenvalue weighted by Gasteiger charge is -2.03. The van der Waals surface area contributed by atoms with Crippen LogP contribution in [-0.4, -0.2) is 29.0 Å². The maximum atomic E-state index is 13.7. The minimum absolute atomic E-state index is 0.136. The fourth-order valence-electron chi connectivity index (χ4n) is 2.18. The number of amides is 1. The fraction of sp³-hybridized carbons (Fsp3) is 0.286. The predicted molar refractivity (Wildman–Crippen MR) is 81.6 cm³/mol. The van der Waals surface area contributed by atoms with Gasteiger partial charge in [0.1, 0.15) is 5.92 Å². The zero-order chi connectivity index (χ0) is 16.6. The first kappa shape index (κ1) is 15.3. The zero-order valence-corrected chi connectivity index (χ0v) is 12.8. The monoisotopic (exact) mass is 337 g/mol. The van der Waals surface area contributed by atoms with Crippen LogP contribution >= 0.6 is 11.3 Å². The number of benzene rings is 1. The number of rotatable bonds is 5. The molecule has 0 radical (unpaired) electrons. The molecule has 1 aromatic heterocycles. The van der Waals surface area contributed by atoms with Gasteiger partial charge in [0.25, 0.3) is 0 Å². The molecule has 1 aliphatic carbocycles. The smallest absolute Gasteiger partial charge is 0.236 e. The Balaban J connectivity index is 1.70. The average molecular weight is 337 g/mol. The van der Waals surface area contributed by atoms with Crippen molar-refractivity contribution in [3.63, 3.8) is 0 Å². The molecule has 120 valence electrons. The molecule has 23 heavy (non-hydrogen) atoms. The van der Waals surface area contributed by atoms with Gasteiger partial charge in [-0.05, 0) is 18.2 Å². The summed E-state index contributed by atoms with van der Waals surface area (Å²) in [6.45, 7) is 0. The second kappa shape index (κ2) is 5.92. The van der Waals surface area contributed by atoms with Gasteiger partial charge in [-0.3, -0.25) is 14.9 Å². The van der Waals surface area contributed by atoms with Gasteiger partial charge in [-0.2, -0.15) is 0 Å². The summed E-state index contributed by atoms with van der Waals surface area (Å²) in [6, 6.07) is 3.65. The van der Waals surface area contributed by atoms with Crippen LogP contribution in [0.2, 0.25) is 0 Å².